The Morgan fingerprint density at radius 1 is 1.50 bits per heavy atom. The zero-order valence-electron chi connectivity index (χ0n) is 10.4. The smallest absolute Gasteiger partial charge is 0.199 e. The molecular weight excluding hydrogens is 232 g/mol. The molecular formula is C10H16N8. The summed E-state index contributed by atoms with van der Waals surface area (Å²) in [6, 6.07) is 0.237. The number of anilines is 1. The van der Waals surface area contributed by atoms with Crippen LogP contribution < -0.4 is 10.6 Å². The second-order valence-electron chi connectivity index (χ2n) is 4.28. The predicted molar refractivity (Wildman–Crippen MR) is 67.6 cm³/mol. The summed E-state index contributed by atoms with van der Waals surface area (Å²) in [7, 11) is 0. The van der Waals surface area contributed by atoms with Crippen LogP contribution in [0.2, 0.25) is 0 Å². The summed E-state index contributed by atoms with van der Waals surface area (Å²) in [6.45, 7) is 4.75. The van der Waals surface area contributed by atoms with Crippen molar-refractivity contribution in [2.24, 2.45) is 5.73 Å². The maximum Gasteiger partial charge on any atom is 0.199 e. The van der Waals surface area contributed by atoms with E-state index in [1.807, 2.05) is 0 Å². The quantitative estimate of drug-likeness (QED) is 0.572. The molecule has 0 saturated carbocycles. The standard InChI is InChI=1S/C10H16N8/c1-7(2)17(4-3-8(11)12)10-6-13-5-9-14-15-16-18(9)10/h5-7H,3-4H2,1-2H3,(H3,11,12). The van der Waals surface area contributed by atoms with Crippen LogP contribution in [0.15, 0.2) is 12.4 Å². The van der Waals surface area contributed by atoms with Crippen LogP contribution in [0.3, 0.4) is 0 Å². The number of nitrogens with one attached hydrogen (secondary N) is 1. The largest absolute Gasteiger partial charge is 0.388 e. The Labute approximate surface area is 104 Å². The monoisotopic (exact) mass is 248 g/mol. The minimum Gasteiger partial charge on any atom is -0.388 e. The van der Waals surface area contributed by atoms with Gasteiger partial charge in [0.15, 0.2) is 11.5 Å². The number of rotatable bonds is 5. The molecule has 2 aromatic rings. The van der Waals surface area contributed by atoms with Crippen molar-refractivity contribution in [3.8, 4) is 0 Å². The normalized spacial score (nSPS) is 11.1. The van der Waals surface area contributed by atoms with Crippen LogP contribution in [0.25, 0.3) is 5.65 Å². The molecule has 0 aliphatic rings. The Bertz CT molecular complexity index is 546. The molecule has 0 amide bonds. The van der Waals surface area contributed by atoms with E-state index in [9.17, 15) is 0 Å². The fourth-order valence-corrected chi connectivity index (χ4v) is 1.74. The third-order valence-corrected chi connectivity index (χ3v) is 2.63. The lowest BCUT2D eigenvalue weighted by molar-refractivity contribution is 0.658. The highest BCUT2D eigenvalue weighted by molar-refractivity contribution is 5.77. The molecule has 2 heterocycles. The van der Waals surface area contributed by atoms with Crippen LogP contribution >= 0.6 is 0 Å². The SMILES string of the molecule is CC(C)N(CCC(=N)N)c1cncc2nnnn12. The van der Waals surface area contributed by atoms with Crippen molar-refractivity contribution in [1.29, 1.82) is 5.41 Å². The Hall–Kier alpha value is -2.25. The lowest BCUT2D eigenvalue weighted by Crippen LogP contribution is -2.35. The van der Waals surface area contributed by atoms with Crippen LogP contribution in [-0.2, 0) is 0 Å². The van der Waals surface area contributed by atoms with Crippen molar-refractivity contribution in [1.82, 2.24) is 25.0 Å². The highest BCUT2D eigenvalue weighted by atomic mass is 15.5. The van der Waals surface area contributed by atoms with Gasteiger partial charge in [-0.2, -0.15) is 4.52 Å². The summed E-state index contributed by atoms with van der Waals surface area (Å²) >= 11 is 0. The maximum atomic E-state index is 7.31. The van der Waals surface area contributed by atoms with Crippen molar-refractivity contribution in [3.63, 3.8) is 0 Å². The summed E-state index contributed by atoms with van der Waals surface area (Å²) in [5.41, 5.74) is 6.00. The molecule has 3 N–H and O–H groups in total. The van der Waals surface area contributed by atoms with Gasteiger partial charge in [0.25, 0.3) is 0 Å². The number of tetrazole rings is 1. The summed E-state index contributed by atoms with van der Waals surface area (Å²) in [4.78, 5) is 6.19. The second-order valence-corrected chi connectivity index (χ2v) is 4.28. The lowest BCUT2D eigenvalue weighted by atomic mass is 10.2. The van der Waals surface area contributed by atoms with Gasteiger partial charge in [0, 0.05) is 19.0 Å². The first-order chi connectivity index (χ1) is 8.59. The first kappa shape index (κ1) is 12.2. The van der Waals surface area contributed by atoms with Crippen LogP contribution in [0.5, 0.6) is 0 Å². The van der Waals surface area contributed by atoms with E-state index in [0.717, 1.165) is 5.82 Å². The van der Waals surface area contributed by atoms with E-state index in [-0.39, 0.29) is 11.9 Å². The minimum absolute atomic E-state index is 0.164. The number of hydrogen-bond donors (Lipinski definition) is 2. The van der Waals surface area contributed by atoms with Gasteiger partial charge in [-0.05, 0) is 24.3 Å². The van der Waals surface area contributed by atoms with Gasteiger partial charge < -0.3 is 10.6 Å². The van der Waals surface area contributed by atoms with Gasteiger partial charge >= 0.3 is 0 Å². The number of amidine groups is 1. The lowest BCUT2D eigenvalue weighted by Gasteiger charge is -2.28. The highest BCUT2D eigenvalue weighted by Crippen LogP contribution is 2.16. The van der Waals surface area contributed by atoms with Crippen molar-refractivity contribution in [2.45, 2.75) is 26.3 Å². The van der Waals surface area contributed by atoms with E-state index in [0.29, 0.717) is 18.6 Å². The van der Waals surface area contributed by atoms with Gasteiger partial charge in [0.05, 0.1) is 18.2 Å². The van der Waals surface area contributed by atoms with Crippen LogP contribution in [0.4, 0.5) is 5.82 Å². The molecule has 8 nitrogen and oxygen atoms in total. The zero-order valence-corrected chi connectivity index (χ0v) is 10.4. The van der Waals surface area contributed by atoms with E-state index in [1.165, 1.54) is 0 Å². The van der Waals surface area contributed by atoms with Crippen LogP contribution in [0.1, 0.15) is 20.3 Å². The molecule has 0 atom stereocenters. The molecule has 0 aromatic carbocycles. The second kappa shape index (κ2) is 4.94. The molecule has 0 aliphatic carbocycles. The Morgan fingerprint density at radius 2 is 2.28 bits per heavy atom. The molecule has 0 saturated heterocycles. The summed E-state index contributed by atoms with van der Waals surface area (Å²) in [5.74, 6) is 0.964. The summed E-state index contributed by atoms with van der Waals surface area (Å²) < 4.78 is 1.63. The third kappa shape index (κ3) is 2.36. The van der Waals surface area contributed by atoms with Gasteiger partial charge in [-0.25, -0.2) is 0 Å². The van der Waals surface area contributed by atoms with Crippen molar-refractivity contribution >= 4 is 17.3 Å². The molecule has 8 heteroatoms. The number of hydrogen-bond acceptors (Lipinski definition) is 6. The first-order valence-corrected chi connectivity index (χ1v) is 5.71. The molecule has 0 bridgehead atoms. The fourth-order valence-electron chi connectivity index (χ4n) is 1.74. The molecule has 18 heavy (non-hydrogen) atoms. The van der Waals surface area contributed by atoms with Crippen molar-refractivity contribution in [3.05, 3.63) is 12.4 Å². The van der Waals surface area contributed by atoms with Gasteiger partial charge in [0.1, 0.15) is 0 Å². The third-order valence-electron chi connectivity index (χ3n) is 2.63. The molecule has 2 aromatic heterocycles. The molecule has 96 valence electrons. The average Bonchev–Trinajstić information content (AvgIpc) is 2.77. The highest BCUT2D eigenvalue weighted by Gasteiger charge is 2.15. The van der Waals surface area contributed by atoms with E-state index in [1.54, 1.807) is 16.9 Å². The minimum atomic E-state index is 0.164. The Balaban J connectivity index is 2.35. The van der Waals surface area contributed by atoms with E-state index in [4.69, 9.17) is 11.1 Å². The Kier molecular flexibility index (Phi) is 3.35. The number of aromatic nitrogens is 5. The van der Waals surface area contributed by atoms with Gasteiger partial charge in [0.2, 0.25) is 0 Å². The molecule has 0 spiro atoms. The molecule has 0 fully saturated rings. The first-order valence-electron chi connectivity index (χ1n) is 5.71. The van der Waals surface area contributed by atoms with Gasteiger partial charge in [-0.1, -0.05) is 0 Å². The zero-order chi connectivity index (χ0) is 13.1. The topological polar surface area (TPSA) is 109 Å². The van der Waals surface area contributed by atoms with Crippen LogP contribution in [0, 0.1) is 5.41 Å². The van der Waals surface area contributed by atoms with Crippen molar-refractivity contribution in [2.75, 3.05) is 11.4 Å². The van der Waals surface area contributed by atoms with Crippen molar-refractivity contribution < 1.29 is 0 Å². The number of fused-ring (bicyclic) bond motifs is 1. The number of nitrogens with two attached hydrogens (primary N) is 1. The summed E-state index contributed by atoms with van der Waals surface area (Å²) in [5, 5.41) is 18.7. The maximum absolute atomic E-state index is 7.31. The van der Waals surface area contributed by atoms with Gasteiger partial charge in [-0.15, -0.1) is 5.10 Å². The predicted octanol–water partition coefficient (Wildman–Crippen LogP) is 0.0602. The van der Waals surface area contributed by atoms with E-state index >= 15 is 0 Å². The Morgan fingerprint density at radius 3 is 2.94 bits per heavy atom. The molecule has 2 rings (SSSR count). The average molecular weight is 248 g/mol. The van der Waals surface area contributed by atoms with Crippen LogP contribution in [-0.4, -0.2) is 43.4 Å². The fraction of sp³-hybridized carbons (Fsp3) is 0.500. The van der Waals surface area contributed by atoms with E-state index in [2.05, 4.69) is 39.3 Å². The summed E-state index contributed by atoms with van der Waals surface area (Å²) in [6.07, 6.45) is 3.81. The van der Waals surface area contributed by atoms with Gasteiger partial charge in [-0.3, -0.25) is 10.4 Å². The van der Waals surface area contributed by atoms with E-state index < -0.39 is 0 Å². The molecule has 0 unspecified atom stereocenters. The molecule has 0 aliphatic heterocycles. The molecule has 0 radical (unpaired) electrons. The number of nitrogens with zero attached hydrogens (tertiary/aromatic N) is 6.